The smallest absolute Gasteiger partial charge is 0.261 e. The SMILES string of the molecule is CN(CCNC(=O)CN1C(=O)/C(=C/c2cccc(Cl)c2)SC2CCCCC21)CCc1ccccc1. The Balaban J connectivity index is 1.32. The topological polar surface area (TPSA) is 52.7 Å². The molecular formula is C28H34ClN3O2S. The lowest BCUT2D eigenvalue weighted by Crippen LogP contribution is -2.54. The average molecular weight is 512 g/mol. The molecule has 1 saturated heterocycles. The molecule has 2 aromatic carbocycles. The third kappa shape index (κ3) is 7.35. The van der Waals surface area contributed by atoms with Crippen LogP contribution in [0.15, 0.2) is 59.5 Å². The van der Waals surface area contributed by atoms with Gasteiger partial charge in [0.2, 0.25) is 5.91 Å². The number of fused-ring (bicyclic) bond motifs is 1. The van der Waals surface area contributed by atoms with Crippen LogP contribution in [0.5, 0.6) is 0 Å². The lowest BCUT2D eigenvalue weighted by atomic mass is 9.93. The van der Waals surface area contributed by atoms with Crippen molar-refractivity contribution in [2.45, 2.75) is 43.4 Å². The fraction of sp³-hybridized carbons (Fsp3) is 0.429. The highest BCUT2D eigenvalue weighted by Crippen LogP contribution is 2.42. The van der Waals surface area contributed by atoms with Crippen molar-refractivity contribution in [2.75, 3.05) is 33.2 Å². The van der Waals surface area contributed by atoms with E-state index in [1.54, 1.807) is 11.8 Å². The molecule has 0 bridgehead atoms. The third-order valence-electron chi connectivity index (χ3n) is 6.72. The molecule has 2 aliphatic rings. The Hall–Kier alpha value is -2.28. The van der Waals surface area contributed by atoms with E-state index >= 15 is 0 Å². The number of nitrogens with one attached hydrogen (secondary N) is 1. The zero-order valence-corrected chi connectivity index (χ0v) is 21.9. The van der Waals surface area contributed by atoms with Crippen molar-refractivity contribution in [2.24, 2.45) is 0 Å². The fourth-order valence-electron chi connectivity index (χ4n) is 4.78. The minimum atomic E-state index is -0.0897. The second kappa shape index (κ2) is 12.6. The van der Waals surface area contributed by atoms with E-state index in [0.29, 0.717) is 21.7 Å². The summed E-state index contributed by atoms with van der Waals surface area (Å²) in [6, 6.07) is 18.1. The van der Waals surface area contributed by atoms with Gasteiger partial charge in [0, 0.05) is 35.9 Å². The first-order valence-electron chi connectivity index (χ1n) is 12.4. The molecular weight excluding hydrogens is 478 g/mol. The highest BCUT2D eigenvalue weighted by molar-refractivity contribution is 8.04. The van der Waals surface area contributed by atoms with Gasteiger partial charge >= 0.3 is 0 Å². The number of carbonyl (C=O) groups is 2. The number of hydrogen-bond acceptors (Lipinski definition) is 4. The van der Waals surface area contributed by atoms with Crippen LogP contribution in [0.3, 0.4) is 0 Å². The van der Waals surface area contributed by atoms with Crippen LogP contribution in [0.25, 0.3) is 6.08 Å². The van der Waals surface area contributed by atoms with Gasteiger partial charge in [-0.3, -0.25) is 9.59 Å². The number of benzene rings is 2. The van der Waals surface area contributed by atoms with E-state index in [-0.39, 0.29) is 24.4 Å². The predicted octanol–water partition coefficient (Wildman–Crippen LogP) is 4.86. The summed E-state index contributed by atoms with van der Waals surface area (Å²) < 4.78 is 0. The largest absolute Gasteiger partial charge is 0.353 e. The van der Waals surface area contributed by atoms with Crippen LogP contribution in [-0.4, -0.2) is 66.1 Å². The van der Waals surface area contributed by atoms with Crippen molar-refractivity contribution < 1.29 is 9.59 Å². The van der Waals surface area contributed by atoms with E-state index in [1.165, 1.54) is 12.0 Å². The van der Waals surface area contributed by atoms with Crippen LogP contribution in [0.1, 0.15) is 36.8 Å². The van der Waals surface area contributed by atoms with Crippen LogP contribution in [0.2, 0.25) is 5.02 Å². The highest BCUT2D eigenvalue weighted by Gasteiger charge is 2.41. The van der Waals surface area contributed by atoms with Gasteiger partial charge in [0.05, 0.1) is 4.91 Å². The highest BCUT2D eigenvalue weighted by atomic mass is 35.5. The Morgan fingerprint density at radius 2 is 1.94 bits per heavy atom. The fourth-order valence-corrected chi connectivity index (χ4v) is 6.45. The second-order valence-corrected chi connectivity index (χ2v) is 11.1. The van der Waals surface area contributed by atoms with Crippen LogP contribution in [0, 0.1) is 0 Å². The second-order valence-electron chi connectivity index (χ2n) is 9.39. The van der Waals surface area contributed by atoms with Crippen LogP contribution < -0.4 is 5.32 Å². The Morgan fingerprint density at radius 3 is 2.74 bits per heavy atom. The van der Waals surface area contributed by atoms with Crippen LogP contribution in [-0.2, 0) is 16.0 Å². The van der Waals surface area contributed by atoms with E-state index < -0.39 is 0 Å². The Bertz CT molecular complexity index is 1050. The molecule has 1 N–H and O–H groups in total. The lowest BCUT2D eigenvalue weighted by Gasteiger charge is -2.43. The lowest BCUT2D eigenvalue weighted by molar-refractivity contribution is -0.135. The molecule has 2 atom stereocenters. The molecule has 1 aliphatic carbocycles. The Labute approximate surface area is 217 Å². The molecule has 0 spiro atoms. The summed E-state index contributed by atoms with van der Waals surface area (Å²) in [6.07, 6.45) is 7.20. The number of amides is 2. The molecule has 2 unspecified atom stereocenters. The minimum Gasteiger partial charge on any atom is -0.353 e. The van der Waals surface area contributed by atoms with Gasteiger partial charge in [0.1, 0.15) is 6.54 Å². The summed E-state index contributed by atoms with van der Waals surface area (Å²) >= 11 is 7.81. The van der Waals surface area contributed by atoms with Crippen molar-refractivity contribution in [1.29, 1.82) is 0 Å². The van der Waals surface area contributed by atoms with E-state index in [4.69, 9.17) is 11.6 Å². The number of nitrogens with zero attached hydrogens (tertiary/aromatic N) is 2. The summed E-state index contributed by atoms with van der Waals surface area (Å²) in [5.74, 6) is -0.138. The van der Waals surface area contributed by atoms with Gasteiger partial charge in [-0.15, -0.1) is 11.8 Å². The van der Waals surface area contributed by atoms with Crippen molar-refractivity contribution in [3.8, 4) is 0 Å². The van der Waals surface area contributed by atoms with E-state index in [0.717, 1.165) is 44.3 Å². The molecule has 35 heavy (non-hydrogen) atoms. The summed E-state index contributed by atoms with van der Waals surface area (Å²) in [4.78, 5) is 31.0. The van der Waals surface area contributed by atoms with Crippen LogP contribution in [0.4, 0.5) is 0 Å². The quantitative estimate of drug-likeness (QED) is 0.488. The van der Waals surface area contributed by atoms with E-state index in [2.05, 4.69) is 41.5 Å². The first-order chi connectivity index (χ1) is 17.0. The average Bonchev–Trinajstić information content (AvgIpc) is 2.86. The number of rotatable bonds is 9. The van der Waals surface area contributed by atoms with Gasteiger partial charge in [-0.25, -0.2) is 0 Å². The number of halogens is 1. The first kappa shape index (κ1) is 25.8. The van der Waals surface area contributed by atoms with Crippen molar-refractivity contribution in [1.82, 2.24) is 15.1 Å². The summed E-state index contributed by atoms with van der Waals surface area (Å²) in [6.45, 7) is 2.39. The molecule has 2 fully saturated rings. The van der Waals surface area contributed by atoms with Crippen molar-refractivity contribution >= 4 is 41.3 Å². The monoisotopic (exact) mass is 511 g/mol. The number of thioether (sulfide) groups is 1. The molecule has 0 radical (unpaired) electrons. The molecule has 0 aromatic heterocycles. The van der Waals surface area contributed by atoms with Gasteiger partial charge in [-0.2, -0.15) is 0 Å². The first-order valence-corrected chi connectivity index (χ1v) is 13.7. The summed E-state index contributed by atoms with van der Waals surface area (Å²) in [7, 11) is 2.07. The van der Waals surface area contributed by atoms with Crippen molar-refractivity contribution in [3.05, 3.63) is 75.7 Å². The standard InChI is InChI=1S/C28H34ClN3O2S/c1-31(16-14-21-8-3-2-4-9-21)17-15-30-27(33)20-32-24-12-5-6-13-25(24)35-26(28(32)34)19-22-10-7-11-23(29)18-22/h2-4,7-11,18-19,24-25H,5-6,12-17,20H2,1H3,(H,30,33)/b26-19-. The number of hydrogen-bond donors (Lipinski definition) is 1. The van der Waals surface area contributed by atoms with Gasteiger partial charge in [-0.1, -0.05) is 66.9 Å². The van der Waals surface area contributed by atoms with Crippen LogP contribution >= 0.6 is 23.4 Å². The number of likely N-dealkylation sites (N-methyl/N-ethyl adjacent to an activating group) is 1. The molecule has 4 rings (SSSR count). The minimum absolute atomic E-state index is 0.0479. The molecule has 2 aromatic rings. The summed E-state index contributed by atoms with van der Waals surface area (Å²) in [5.41, 5.74) is 2.22. The molecule has 1 aliphatic heterocycles. The Kier molecular flexibility index (Phi) is 9.30. The normalized spacial score (nSPS) is 21.3. The summed E-state index contributed by atoms with van der Waals surface area (Å²) in [5, 5.41) is 4.01. The maximum Gasteiger partial charge on any atom is 0.261 e. The van der Waals surface area contributed by atoms with Crippen molar-refractivity contribution in [3.63, 3.8) is 0 Å². The number of carbonyl (C=O) groups excluding carboxylic acids is 2. The maximum absolute atomic E-state index is 13.4. The molecule has 2 amide bonds. The van der Waals surface area contributed by atoms with Gasteiger partial charge < -0.3 is 15.1 Å². The zero-order chi connectivity index (χ0) is 24.6. The molecule has 1 saturated carbocycles. The van der Waals surface area contributed by atoms with Gasteiger partial charge in [0.15, 0.2) is 0 Å². The third-order valence-corrected chi connectivity index (χ3v) is 8.35. The van der Waals surface area contributed by atoms with E-state index in [9.17, 15) is 9.59 Å². The molecule has 7 heteroatoms. The Morgan fingerprint density at radius 1 is 1.14 bits per heavy atom. The van der Waals surface area contributed by atoms with Gasteiger partial charge in [0.25, 0.3) is 5.91 Å². The molecule has 186 valence electrons. The zero-order valence-electron chi connectivity index (χ0n) is 20.3. The molecule has 1 heterocycles. The van der Waals surface area contributed by atoms with E-state index in [1.807, 2.05) is 41.3 Å². The maximum atomic E-state index is 13.4. The molecule has 5 nitrogen and oxygen atoms in total. The predicted molar refractivity (Wildman–Crippen MR) is 145 cm³/mol. The van der Waals surface area contributed by atoms with Gasteiger partial charge in [-0.05, 0) is 55.6 Å².